The van der Waals surface area contributed by atoms with Crippen molar-refractivity contribution in [2.24, 2.45) is 0 Å². The Morgan fingerprint density at radius 1 is 1.00 bits per heavy atom. The molecule has 1 atom stereocenters. The van der Waals surface area contributed by atoms with Crippen molar-refractivity contribution < 1.29 is 18.0 Å². The maximum atomic E-state index is 13.1. The number of hydrogen-bond donors (Lipinski definition) is 1. The summed E-state index contributed by atoms with van der Waals surface area (Å²) in [6, 6.07) is 13.1. The largest absolute Gasteiger partial charge is 0.341 e. The van der Waals surface area contributed by atoms with E-state index in [1.54, 1.807) is 36.4 Å². The SMILES string of the molecule is Cc1ccc(S(=O)(=O)N2CCC[C@H]2C(=O)Nc2ccc(CC(=O)N3CCSCC3)cc2)cc1. The fourth-order valence-electron chi connectivity index (χ4n) is 4.17. The molecule has 2 fully saturated rings. The van der Waals surface area contributed by atoms with Crippen LogP contribution in [0.3, 0.4) is 0 Å². The van der Waals surface area contributed by atoms with Gasteiger partial charge in [-0.1, -0.05) is 29.8 Å². The summed E-state index contributed by atoms with van der Waals surface area (Å²) in [7, 11) is -3.74. The summed E-state index contributed by atoms with van der Waals surface area (Å²) in [6.45, 7) is 3.81. The molecule has 0 spiro atoms. The fraction of sp³-hybridized carbons (Fsp3) is 0.417. The molecule has 0 unspecified atom stereocenters. The molecule has 4 rings (SSSR count). The number of anilines is 1. The van der Waals surface area contributed by atoms with Gasteiger partial charge in [0.2, 0.25) is 21.8 Å². The Morgan fingerprint density at radius 2 is 1.67 bits per heavy atom. The summed E-state index contributed by atoms with van der Waals surface area (Å²) in [6.07, 6.45) is 1.46. The van der Waals surface area contributed by atoms with Crippen LogP contribution < -0.4 is 5.32 Å². The van der Waals surface area contributed by atoms with Gasteiger partial charge in [-0.25, -0.2) is 8.42 Å². The summed E-state index contributed by atoms with van der Waals surface area (Å²) >= 11 is 1.87. The van der Waals surface area contributed by atoms with E-state index < -0.39 is 16.1 Å². The lowest BCUT2D eigenvalue weighted by Gasteiger charge is -2.26. The van der Waals surface area contributed by atoms with E-state index in [4.69, 9.17) is 0 Å². The first-order chi connectivity index (χ1) is 15.8. The number of nitrogens with zero attached hydrogens (tertiary/aromatic N) is 2. The third-order valence-electron chi connectivity index (χ3n) is 6.07. The molecule has 7 nitrogen and oxygen atoms in total. The Bertz CT molecular complexity index is 1100. The molecule has 2 aliphatic heterocycles. The second kappa shape index (κ2) is 10.3. The van der Waals surface area contributed by atoms with E-state index in [1.807, 2.05) is 35.7 Å². The van der Waals surface area contributed by atoms with Gasteiger partial charge in [0, 0.05) is 36.8 Å². The second-order valence-electron chi connectivity index (χ2n) is 8.44. The van der Waals surface area contributed by atoms with Crippen molar-refractivity contribution in [3.8, 4) is 0 Å². The van der Waals surface area contributed by atoms with E-state index in [0.717, 1.165) is 35.7 Å². The van der Waals surface area contributed by atoms with Crippen molar-refractivity contribution in [1.82, 2.24) is 9.21 Å². The van der Waals surface area contributed by atoms with Crippen LogP contribution in [0.25, 0.3) is 0 Å². The van der Waals surface area contributed by atoms with Crippen LogP contribution >= 0.6 is 11.8 Å². The fourth-order valence-corrected chi connectivity index (χ4v) is 6.73. The highest BCUT2D eigenvalue weighted by Gasteiger charge is 2.39. The number of amides is 2. The zero-order valence-electron chi connectivity index (χ0n) is 18.7. The number of aryl methyl sites for hydroxylation is 1. The highest BCUT2D eigenvalue weighted by Crippen LogP contribution is 2.27. The third kappa shape index (κ3) is 5.59. The van der Waals surface area contributed by atoms with E-state index in [2.05, 4.69) is 5.32 Å². The number of hydrogen-bond acceptors (Lipinski definition) is 5. The highest BCUT2D eigenvalue weighted by atomic mass is 32.2. The van der Waals surface area contributed by atoms with Crippen LogP contribution in [0, 0.1) is 6.92 Å². The Morgan fingerprint density at radius 3 is 2.33 bits per heavy atom. The van der Waals surface area contributed by atoms with Crippen LogP contribution in [0.5, 0.6) is 0 Å². The average molecular weight is 488 g/mol. The van der Waals surface area contributed by atoms with Crippen molar-refractivity contribution >= 4 is 39.3 Å². The first kappa shape index (κ1) is 23.8. The molecule has 2 aliphatic rings. The summed E-state index contributed by atoms with van der Waals surface area (Å²) in [5, 5.41) is 2.85. The molecule has 2 amide bonds. The molecule has 2 heterocycles. The van der Waals surface area contributed by atoms with Gasteiger partial charge in [-0.05, 0) is 49.6 Å². The summed E-state index contributed by atoms with van der Waals surface area (Å²) in [4.78, 5) is 27.5. The Kier molecular flexibility index (Phi) is 7.41. The minimum atomic E-state index is -3.74. The maximum Gasteiger partial charge on any atom is 0.243 e. The molecule has 0 radical (unpaired) electrons. The molecule has 9 heteroatoms. The minimum absolute atomic E-state index is 0.120. The second-order valence-corrected chi connectivity index (χ2v) is 11.6. The number of thioether (sulfide) groups is 1. The molecule has 1 N–H and O–H groups in total. The first-order valence-electron chi connectivity index (χ1n) is 11.2. The van der Waals surface area contributed by atoms with Gasteiger partial charge in [-0.2, -0.15) is 16.1 Å². The van der Waals surface area contributed by atoms with Crippen LogP contribution in [0.15, 0.2) is 53.4 Å². The molecule has 2 aromatic carbocycles. The molecule has 0 aliphatic carbocycles. The van der Waals surface area contributed by atoms with Gasteiger partial charge in [0.1, 0.15) is 6.04 Å². The molecular weight excluding hydrogens is 458 g/mol. The normalized spacial score (nSPS) is 19.4. The zero-order valence-corrected chi connectivity index (χ0v) is 20.3. The zero-order chi connectivity index (χ0) is 23.4. The van der Waals surface area contributed by atoms with E-state index in [0.29, 0.717) is 31.5 Å². The molecule has 0 aromatic heterocycles. The van der Waals surface area contributed by atoms with Gasteiger partial charge < -0.3 is 10.2 Å². The van der Waals surface area contributed by atoms with Gasteiger partial charge >= 0.3 is 0 Å². The Hall–Kier alpha value is -2.36. The third-order valence-corrected chi connectivity index (χ3v) is 8.94. The molecule has 0 saturated carbocycles. The number of benzene rings is 2. The van der Waals surface area contributed by atoms with Gasteiger partial charge in [-0.3, -0.25) is 9.59 Å². The lowest BCUT2D eigenvalue weighted by molar-refractivity contribution is -0.130. The predicted octanol–water partition coefficient (Wildman–Crippen LogP) is 2.90. The van der Waals surface area contributed by atoms with Crippen molar-refractivity contribution in [1.29, 1.82) is 0 Å². The van der Waals surface area contributed by atoms with Crippen molar-refractivity contribution in [2.45, 2.75) is 37.1 Å². The van der Waals surface area contributed by atoms with Crippen molar-refractivity contribution in [2.75, 3.05) is 36.5 Å². The molecular formula is C24H29N3O4S2. The molecule has 2 saturated heterocycles. The van der Waals surface area contributed by atoms with Gasteiger partial charge in [0.25, 0.3) is 0 Å². The van der Waals surface area contributed by atoms with Crippen LogP contribution in [0.4, 0.5) is 5.69 Å². The van der Waals surface area contributed by atoms with Crippen LogP contribution in [0.1, 0.15) is 24.0 Å². The highest BCUT2D eigenvalue weighted by molar-refractivity contribution is 7.99. The number of rotatable bonds is 6. The molecule has 33 heavy (non-hydrogen) atoms. The van der Waals surface area contributed by atoms with Gasteiger partial charge in [0.05, 0.1) is 11.3 Å². The van der Waals surface area contributed by atoms with Crippen LogP contribution in [-0.2, 0) is 26.0 Å². The van der Waals surface area contributed by atoms with E-state index in [-0.39, 0.29) is 16.7 Å². The van der Waals surface area contributed by atoms with Gasteiger partial charge in [-0.15, -0.1) is 0 Å². The topological polar surface area (TPSA) is 86.8 Å². The molecule has 2 aromatic rings. The summed E-state index contributed by atoms with van der Waals surface area (Å²) in [5.41, 5.74) is 2.45. The van der Waals surface area contributed by atoms with Gasteiger partial charge in [0.15, 0.2) is 0 Å². The lowest BCUT2D eigenvalue weighted by atomic mass is 10.1. The quantitative estimate of drug-likeness (QED) is 0.677. The monoisotopic (exact) mass is 487 g/mol. The first-order valence-corrected chi connectivity index (χ1v) is 13.8. The number of carbonyl (C=O) groups is 2. The Labute approximate surface area is 199 Å². The summed E-state index contributed by atoms with van der Waals surface area (Å²) in [5.74, 6) is 1.75. The minimum Gasteiger partial charge on any atom is -0.341 e. The van der Waals surface area contributed by atoms with Crippen LogP contribution in [-0.4, -0.2) is 66.6 Å². The molecule has 0 bridgehead atoms. The number of carbonyl (C=O) groups excluding carboxylic acids is 2. The average Bonchev–Trinajstić information content (AvgIpc) is 3.32. The maximum absolute atomic E-state index is 13.1. The number of sulfonamides is 1. The summed E-state index contributed by atoms with van der Waals surface area (Å²) < 4.78 is 27.5. The van der Waals surface area contributed by atoms with Crippen molar-refractivity contribution in [3.05, 3.63) is 59.7 Å². The predicted molar refractivity (Wildman–Crippen MR) is 131 cm³/mol. The van der Waals surface area contributed by atoms with E-state index in [1.165, 1.54) is 4.31 Å². The van der Waals surface area contributed by atoms with Crippen LogP contribution in [0.2, 0.25) is 0 Å². The Balaban J connectivity index is 1.39. The smallest absolute Gasteiger partial charge is 0.243 e. The lowest BCUT2D eigenvalue weighted by Crippen LogP contribution is -2.43. The standard InChI is InChI=1S/C24H29N3O4S2/c1-18-4-10-21(11-5-18)33(30,31)27-12-2-3-22(27)24(29)25-20-8-6-19(7-9-20)17-23(28)26-13-15-32-16-14-26/h4-11,22H,2-3,12-17H2,1H3,(H,25,29)/t22-/m0/s1. The van der Waals surface area contributed by atoms with E-state index in [9.17, 15) is 18.0 Å². The molecule has 176 valence electrons. The number of nitrogens with one attached hydrogen (secondary N) is 1. The van der Waals surface area contributed by atoms with E-state index >= 15 is 0 Å². The van der Waals surface area contributed by atoms with Crippen molar-refractivity contribution in [3.63, 3.8) is 0 Å².